The molecule has 78 valence electrons. The Morgan fingerprint density at radius 3 is 1.46 bits per heavy atom. The van der Waals surface area contributed by atoms with Crippen LogP contribution in [0.2, 0.25) is 0 Å². The summed E-state index contributed by atoms with van der Waals surface area (Å²) in [6.07, 6.45) is -15.7. The van der Waals surface area contributed by atoms with Gasteiger partial charge in [-0.05, 0) is 0 Å². The van der Waals surface area contributed by atoms with Gasteiger partial charge in [0.15, 0.2) is 0 Å². The molecule has 0 saturated carbocycles. The van der Waals surface area contributed by atoms with E-state index < -0.39 is 26.7 Å². The molecule has 0 rings (SSSR count). The van der Waals surface area contributed by atoms with Crippen molar-refractivity contribution in [3.05, 3.63) is 0 Å². The maximum Gasteiger partial charge on any atom is 0.695 e. The first-order valence-electron chi connectivity index (χ1n) is 2.51. The first kappa shape index (κ1) is 12.6. The lowest BCUT2D eigenvalue weighted by Gasteiger charge is -2.16. The highest BCUT2D eigenvalue weighted by molar-refractivity contribution is 7.32. The molecular formula is C3H2F6O3P+. The van der Waals surface area contributed by atoms with Crippen LogP contribution in [-0.4, -0.2) is 23.3 Å². The molecule has 1 atom stereocenters. The maximum atomic E-state index is 11.5. The van der Waals surface area contributed by atoms with E-state index >= 15 is 0 Å². The average Bonchev–Trinajstić information content (AvgIpc) is 1.77. The number of hydrogen-bond donors (Lipinski definition) is 1. The standard InChI is InChI=1S/C3HF6O3P/c4-2(5,6)1(3(7,8)9)12-13(10)11/h1H/p+1. The summed E-state index contributed by atoms with van der Waals surface area (Å²) in [4.78, 5) is 7.74. The van der Waals surface area contributed by atoms with E-state index in [4.69, 9.17) is 4.89 Å². The molecule has 0 heterocycles. The summed E-state index contributed by atoms with van der Waals surface area (Å²) in [5, 5.41) is 0. The molecule has 3 nitrogen and oxygen atoms in total. The highest BCUT2D eigenvalue weighted by Crippen LogP contribution is 2.39. The third-order valence-electron chi connectivity index (χ3n) is 0.790. The van der Waals surface area contributed by atoms with Gasteiger partial charge in [-0.25, -0.2) is 0 Å². The Labute approximate surface area is 68.2 Å². The van der Waals surface area contributed by atoms with E-state index in [-0.39, 0.29) is 0 Å². The van der Waals surface area contributed by atoms with Gasteiger partial charge in [0, 0.05) is 4.57 Å². The molecule has 0 amide bonds. The number of alkyl halides is 6. The number of hydrogen-bond acceptors (Lipinski definition) is 2. The van der Waals surface area contributed by atoms with Gasteiger partial charge in [-0.1, -0.05) is 4.52 Å². The summed E-state index contributed by atoms with van der Waals surface area (Å²) < 4.78 is 81.4. The molecule has 0 radical (unpaired) electrons. The van der Waals surface area contributed by atoms with Crippen molar-refractivity contribution in [2.75, 3.05) is 0 Å². The maximum absolute atomic E-state index is 11.5. The number of rotatable bonds is 2. The predicted molar refractivity (Wildman–Crippen MR) is 26.8 cm³/mol. The van der Waals surface area contributed by atoms with Gasteiger partial charge in [-0.3, -0.25) is 0 Å². The van der Waals surface area contributed by atoms with Crippen LogP contribution in [0.15, 0.2) is 0 Å². The van der Waals surface area contributed by atoms with Crippen molar-refractivity contribution >= 4 is 8.25 Å². The Hall–Kier alpha value is -0.400. The molecule has 0 spiro atoms. The number of halogens is 6. The monoisotopic (exact) mass is 231 g/mol. The average molecular weight is 231 g/mol. The van der Waals surface area contributed by atoms with E-state index in [1.54, 1.807) is 0 Å². The molecule has 0 saturated heterocycles. The molecule has 0 bridgehead atoms. The second kappa shape index (κ2) is 3.77. The van der Waals surface area contributed by atoms with Crippen LogP contribution in [0, 0.1) is 0 Å². The highest BCUT2D eigenvalue weighted by atomic mass is 31.1. The van der Waals surface area contributed by atoms with Crippen LogP contribution in [0.1, 0.15) is 0 Å². The van der Waals surface area contributed by atoms with E-state index in [0.29, 0.717) is 0 Å². The molecule has 1 N–H and O–H groups in total. The summed E-state index contributed by atoms with van der Waals surface area (Å²) in [6, 6.07) is 0. The third-order valence-corrected chi connectivity index (χ3v) is 1.18. The van der Waals surface area contributed by atoms with Crippen LogP contribution in [0.4, 0.5) is 26.3 Å². The molecule has 0 aliphatic carbocycles. The Bertz CT molecular complexity index is 182. The summed E-state index contributed by atoms with van der Waals surface area (Å²) in [5.74, 6) is 0. The normalized spacial score (nSPS) is 14.9. The van der Waals surface area contributed by atoms with Crippen LogP contribution in [0.3, 0.4) is 0 Å². The summed E-state index contributed by atoms with van der Waals surface area (Å²) >= 11 is 0. The Morgan fingerprint density at radius 2 is 1.38 bits per heavy atom. The Morgan fingerprint density at radius 1 is 1.08 bits per heavy atom. The molecule has 0 aromatic heterocycles. The van der Waals surface area contributed by atoms with Crippen molar-refractivity contribution in [1.29, 1.82) is 0 Å². The van der Waals surface area contributed by atoms with E-state index in [9.17, 15) is 30.9 Å². The van der Waals surface area contributed by atoms with Gasteiger partial charge in [0.2, 0.25) is 0 Å². The van der Waals surface area contributed by atoms with Gasteiger partial charge < -0.3 is 0 Å². The second-order valence-electron chi connectivity index (χ2n) is 1.81. The fourth-order valence-electron chi connectivity index (χ4n) is 0.395. The highest BCUT2D eigenvalue weighted by Gasteiger charge is 2.62. The quantitative estimate of drug-likeness (QED) is 0.584. The topological polar surface area (TPSA) is 46.5 Å². The SMILES string of the molecule is O=[P+](O)OC(C(F)(F)F)C(F)(F)F. The lowest BCUT2D eigenvalue weighted by Crippen LogP contribution is -2.42. The van der Waals surface area contributed by atoms with E-state index in [1.807, 2.05) is 0 Å². The summed E-state index contributed by atoms with van der Waals surface area (Å²) in [5.41, 5.74) is 0. The van der Waals surface area contributed by atoms with Crippen LogP contribution < -0.4 is 0 Å². The molecule has 0 aromatic carbocycles. The minimum Gasteiger partial charge on any atom is -0.167 e. The molecule has 0 fully saturated rings. The molecule has 0 aliphatic heterocycles. The Balaban J connectivity index is 4.68. The molecule has 0 aromatic rings. The van der Waals surface area contributed by atoms with Crippen molar-refractivity contribution in [2.45, 2.75) is 18.5 Å². The van der Waals surface area contributed by atoms with Crippen molar-refractivity contribution < 1.29 is 40.3 Å². The van der Waals surface area contributed by atoms with Crippen molar-refractivity contribution in [1.82, 2.24) is 0 Å². The first-order chi connectivity index (χ1) is 5.55. The zero-order chi connectivity index (χ0) is 10.9. The molecule has 0 aliphatic rings. The zero-order valence-corrected chi connectivity index (χ0v) is 6.45. The molecular weight excluding hydrogens is 229 g/mol. The largest absolute Gasteiger partial charge is 0.695 e. The lowest BCUT2D eigenvalue weighted by atomic mass is 10.3. The smallest absolute Gasteiger partial charge is 0.167 e. The van der Waals surface area contributed by atoms with Crippen LogP contribution >= 0.6 is 8.25 Å². The predicted octanol–water partition coefficient (Wildman–Crippen LogP) is 2.15. The fraction of sp³-hybridized carbons (Fsp3) is 1.00. The van der Waals surface area contributed by atoms with E-state index in [2.05, 4.69) is 4.52 Å². The van der Waals surface area contributed by atoms with Crippen LogP contribution in [0.5, 0.6) is 0 Å². The van der Waals surface area contributed by atoms with Gasteiger partial charge in [0.1, 0.15) is 0 Å². The van der Waals surface area contributed by atoms with Gasteiger partial charge in [0.05, 0.1) is 0 Å². The van der Waals surface area contributed by atoms with Crippen molar-refractivity contribution in [3.8, 4) is 0 Å². The zero-order valence-electron chi connectivity index (χ0n) is 5.56. The van der Waals surface area contributed by atoms with Gasteiger partial charge in [0.25, 0.3) is 0 Å². The van der Waals surface area contributed by atoms with Gasteiger partial charge in [-0.2, -0.15) is 26.3 Å². The molecule has 1 unspecified atom stereocenters. The lowest BCUT2D eigenvalue weighted by molar-refractivity contribution is -0.300. The van der Waals surface area contributed by atoms with Crippen LogP contribution in [-0.2, 0) is 9.09 Å². The van der Waals surface area contributed by atoms with E-state index in [1.165, 1.54) is 0 Å². The summed E-state index contributed by atoms with van der Waals surface area (Å²) in [6.45, 7) is 0. The van der Waals surface area contributed by atoms with E-state index in [0.717, 1.165) is 0 Å². The second-order valence-corrected chi connectivity index (χ2v) is 2.49. The molecule has 10 heteroatoms. The first-order valence-corrected chi connectivity index (χ1v) is 3.64. The third kappa shape index (κ3) is 4.39. The van der Waals surface area contributed by atoms with Gasteiger partial charge >= 0.3 is 26.7 Å². The fourth-order valence-corrected chi connectivity index (χ4v) is 0.815. The molecule has 13 heavy (non-hydrogen) atoms. The van der Waals surface area contributed by atoms with Crippen molar-refractivity contribution in [3.63, 3.8) is 0 Å². The minimum absolute atomic E-state index is 2.79. The Kier molecular flexibility index (Phi) is 3.65. The summed E-state index contributed by atoms with van der Waals surface area (Å²) in [7, 11) is -3.96. The van der Waals surface area contributed by atoms with Crippen molar-refractivity contribution in [2.24, 2.45) is 0 Å². The van der Waals surface area contributed by atoms with Crippen LogP contribution in [0.25, 0.3) is 0 Å². The minimum atomic E-state index is -5.76. The van der Waals surface area contributed by atoms with Gasteiger partial charge in [-0.15, -0.1) is 4.89 Å².